The van der Waals surface area contributed by atoms with Crippen LogP contribution >= 0.6 is 0 Å². The van der Waals surface area contributed by atoms with E-state index in [0.29, 0.717) is 11.5 Å². The average molecular weight is 530 g/mol. The van der Waals surface area contributed by atoms with Crippen LogP contribution in [-0.2, 0) is 10.2 Å². The van der Waals surface area contributed by atoms with E-state index in [1.54, 1.807) is 14.2 Å². The number of aliphatic hydroxyl groups is 2. The molecule has 1 aliphatic rings. The number of nitrogen functional groups attached to an aromatic ring is 1. The predicted molar refractivity (Wildman–Crippen MR) is 146 cm³/mol. The highest BCUT2D eigenvalue weighted by atomic mass is 16.5. The number of nitrogens with zero attached hydrogens (tertiary/aromatic N) is 2. The molecule has 202 valence electrons. The van der Waals surface area contributed by atoms with Gasteiger partial charge in [0.2, 0.25) is 0 Å². The van der Waals surface area contributed by atoms with Crippen LogP contribution in [0.5, 0.6) is 11.5 Å². The van der Waals surface area contributed by atoms with Crippen LogP contribution in [-0.4, -0.2) is 52.3 Å². The van der Waals surface area contributed by atoms with E-state index in [2.05, 4.69) is 4.98 Å². The number of ether oxygens (including phenoxy) is 3. The molecule has 4 N–H and O–H groups in total. The minimum absolute atomic E-state index is 0.0866. The molecular weight excluding hydrogens is 498 g/mol. The highest BCUT2D eigenvalue weighted by Crippen LogP contribution is 2.47. The molecule has 0 spiro atoms. The first-order chi connectivity index (χ1) is 18.9. The Hall–Kier alpha value is -4.18. The second-order valence-corrected chi connectivity index (χ2v) is 9.48. The van der Waals surface area contributed by atoms with Crippen LogP contribution in [0.1, 0.15) is 29.3 Å². The summed E-state index contributed by atoms with van der Waals surface area (Å²) in [6.07, 6.45) is -2.67. The van der Waals surface area contributed by atoms with Gasteiger partial charge >= 0.3 is 5.69 Å². The zero-order valence-electron chi connectivity index (χ0n) is 21.7. The van der Waals surface area contributed by atoms with Crippen LogP contribution < -0.4 is 20.9 Å². The Kier molecular flexibility index (Phi) is 7.38. The Balaban J connectivity index is 1.67. The van der Waals surface area contributed by atoms with Gasteiger partial charge in [0.1, 0.15) is 35.8 Å². The number of benzene rings is 3. The molecule has 1 saturated heterocycles. The van der Waals surface area contributed by atoms with Gasteiger partial charge < -0.3 is 30.2 Å². The van der Waals surface area contributed by atoms with Crippen LogP contribution in [0, 0.1) is 0 Å². The third-order valence-electron chi connectivity index (χ3n) is 7.37. The Bertz CT molecular complexity index is 1410. The van der Waals surface area contributed by atoms with Crippen LogP contribution in [0.2, 0.25) is 0 Å². The summed E-state index contributed by atoms with van der Waals surface area (Å²) >= 11 is 0. The second-order valence-electron chi connectivity index (χ2n) is 9.48. The van der Waals surface area contributed by atoms with Gasteiger partial charge in [-0.1, -0.05) is 54.6 Å². The first-order valence-corrected chi connectivity index (χ1v) is 12.6. The largest absolute Gasteiger partial charge is 0.497 e. The van der Waals surface area contributed by atoms with Crippen LogP contribution in [0.25, 0.3) is 0 Å². The number of nitrogens with two attached hydrogens (primary N) is 1. The molecule has 1 aromatic heterocycles. The molecule has 4 aromatic rings. The molecule has 9 heteroatoms. The van der Waals surface area contributed by atoms with E-state index in [9.17, 15) is 15.0 Å². The SMILES string of the molecule is COc1ccc(C(c2ccccc2)(c2ccc(OC)cc2)C(O)[C@H]2O[C@@H](n3ccc(N)nc3=O)C[C@@H]2O)cc1. The van der Waals surface area contributed by atoms with Gasteiger partial charge in [0.25, 0.3) is 0 Å². The minimum atomic E-state index is -1.28. The molecule has 2 heterocycles. The van der Waals surface area contributed by atoms with Crippen molar-refractivity contribution in [2.24, 2.45) is 0 Å². The monoisotopic (exact) mass is 529 g/mol. The first-order valence-electron chi connectivity index (χ1n) is 12.6. The lowest BCUT2D eigenvalue weighted by Gasteiger charge is -2.43. The number of rotatable bonds is 8. The van der Waals surface area contributed by atoms with Gasteiger partial charge in [-0.3, -0.25) is 4.57 Å². The van der Waals surface area contributed by atoms with Gasteiger partial charge in [0.15, 0.2) is 0 Å². The topological polar surface area (TPSA) is 129 Å². The van der Waals surface area contributed by atoms with Gasteiger partial charge in [-0.2, -0.15) is 4.98 Å². The molecule has 0 bridgehead atoms. The summed E-state index contributed by atoms with van der Waals surface area (Å²) in [7, 11) is 3.18. The van der Waals surface area contributed by atoms with Crippen molar-refractivity contribution in [2.45, 2.75) is 36.4 Å². The fraction of sp³-hybridized carbons (Fsp3) is 0.267. The van der Waals surface area contributed by atoms with Crippen molar-refractivity contribution in [3.05, 3.63) is 118 Å². The van der Waals surface area contributed by atoms with Gasteiger partial charge in [-0.25, -0.2) is 4.79 Å². The lowest BCUT2D eigenvalue weighted by Crippen LogP contribution is -2.51. The number of anilines is 1. The molecule has 0 saturated carbocycles. The number of hydrogen-bond donors (Lipinski definition) is 3. The third kappa shape index (κ3) is 4.76. The van der Waals surface area contributed by atoms with Crippen molar-refractivity contribution in [1.29, 1.82) is 0 Å². The van der Waals surface area contributed by atoms with E-state index < -0.39 is 35.6 Å². The molecule has 5 rings (SSSR count). The van der Waals surface area contributed by atoms with E-state index in [4.69, 9.17) is 19.9 Å². The molecule has 0 radical (unpaired) electrons. The Labute approximate surface area is 226 Å². The van der Waals surface area contributed by atoms with Gasteiger partial charge in [-0.15, -0.1) is 0 Å². The van der Waals surface area contributed by atoms with E-state index in [1.807, 2.05) is 78.9 Å². The van der Waals surface area contributed by atoms with Crippen molar-refractivity contribution >= 4 is 5.82 Å². The smallest absolute Gasteiger partial charge is 0.351 e. The minimum Gasteiger partial charge on any atom is -0.497 e. The van der Waals surface area contributed by atoms with E-state index >= 15 is 0 Å². The molecule has 0 aliphatic carbocycles. The van der Waals surface area contributed by atoms with Crippen molar-refractivity contribution in [2.75, 3.05) is 20.0 Å². The van der Waals surface area contributed by atoms with E-state index in [1.165, 1.54) is 16.8 Å². The summed E-state index contributed by atoms with van der Waals surface area (Å²) in [6.45, 7) is 0. The normalized spacial score (nSPS) is 19.9. The summed E-state index contributed by atoms with van der Waals surface area (Å²) in [6, 6.07) is 26.0. The van der Waals surface area contributed by atoms with Gasteiger partial charge in [0.05, 0.1) is 25.7 Å². The van der Waals surface area contributed by atoms with E-state index in [0.717, 1.165) is 16.7 Å². The molecule has 3 aromatic carbocycles. The maximum absolute atomic E-state index is 12.5. The first kappa shape index (κ1) is 26.4. The molecular formula is C30H31N3O6. The summed E-state index contributed by atoms with van der Waals surface area (Å²) in [5.74, 6) is 1.42. The maximum Gasteiger partial charge on any atom is 0.351 e. The Morgan fingerprint density at radius 3 is 1.97 bits per heavy atom. The van der Waals surface area contributed by atoms with Crippen molar-refractivity contribution < 1.29 is 24.4 Å². The fourth-order valence-corrected chi connectivity index (χ4v) is 5.44. The maximum atomic E-state index is 12.5. The molecule has 1 aliphatic heterocycles. The third-order valence-corrected chi connectivity index (χ3v) is 7.37. The van der Waals surface area contributed by atoms with Crippen LogP contribution in [0.3, 0.4) is 0 Å². The number of hydrogen-bond acceptors (Lipinski definition) is 8. The summed E-state index contributed by atoms with van der Waals surface area (Å²) in [5, 5.41) is 23.6. The van der Waals surface area contributed by atoms with Crippen LogP contribution in [0.15, 0.2) is 95.9 Å². The number of aliphatic hydroxyl groups excluding tert-OH is 2. The van der Waals surface area contributed by atoms with Gasteiger partial charge in [-0.05, 0) is 47.0 Å². The molecule has 0 amide bonds. The Morgan fingerprint density at radius 2 is 1.46 bits per heavy atom. The summed E-state index contributed by atoms with van der Waals surface area (Å²) in [4.78, 5) is 16.3. The zero-order valence-corrected chi connectivity index (χ0v) is 21.7. The lowest BCUT2D eigenvalue weighted by atomic mass is 9.64. The quantitative estimate of drug-likeness (QED) is 0.297. The van der Waals surface area contributed by atoms with Crippen molar-refractivity contribution in [3.8, 4) is 11.5 Å². The van der Waals surface area contributed by atoms with E-state index in [-0.39, 0.29) is 12.2 Å². The highest BCUT2D eigenvalue weighted by molar-refractivity contribution is 5.54. The zero-order chi connectivity index (χ0) is 27.6. The molecule has 4 atom stereocenters. The predicted octanol–water partition coefficient (Wildman–Crippen LogP) is 2.89. The molecule has 1 fully saturated rings. The fourth-order valence-electron chi connectivity index (χ4n) is 5.44. The van der Waals surface area contributed by atoms with Crippen molar-refractivity contribution in [1.82, 2.24) is 9.55 Å². The average Bonchev–Trinajstić information content (AvgIpc) is 3.35. The molecule has 1 unspecified atom stereocenters. The second kappa shape index (κ2) is 10.9. The summed E-state index contributed by atoms with van der Waals surface area (Å²) in [5.41, 5.74) is 6.19. The summed E-state index contributed by atoms with van der Waals surface area (Å²) < 4.78 is 18.3. The Morgan fingerprint density at radius 1 is 0.923 bits per heavy atom. The lowest BCUT2D eigenvalue weighted by molar-refractivity contribution is -0.0976. The highest BCUT2D eigenvalue weighted by Gasteiger charge is 2.52. The van der Waals surface area contributed by atoms with Gasteiger partial charge in [0, 0.05) is 12.6 Å². The number of methoxy groups -OCH3 is 2. The molecule has 39 heavy (non-hydrogen) atoms. The molecule has 9 nitrogen and oxygen atoms in total. The van der Waals surface area contributed by atoms with Crippen molar-refractivity contribution in [3.63, 3.8) is 0 Å². The number of aromatic nitrogens is 2. The van der Waals surface area contributed by atoms with Crippen LogP contribution in [0.4, 0.5) is 5.82 Å². The standard InChI is InChI=1S/C30H31N3O6/c1-37-22-12-8-20(9-13-22)30(19-6-4-3-5-7-19,21-10-14-23(38-2)15-11-21)28(35)27-24(34)18-26(39-27)33-17-16-25(31)32-29(33)36/h3-17,24,26-28,34-35H,18H2,1-2H3,(H2,31,32,36)/t24-,26+,27-,28?/m0/s1.